The number of piperazine rings is 1. The van der Waals surface area contributed by atoms with Crippen molar-refractivity contribution >= 4 is 21.9 Å². The van der Waals surface area contributed by atoms with Crippen molar-refractivity contribution in [3.63, 3.8) is 0 Å². The fourth-order valence-corrected chi connectivity index (χ4v) is 5.15. The van der Waals surface area contributed by atoms with Gasteiger partial charge in [0.2, 0.25) is 15.9 Å². The third-order valence-electron chi connectivity index (χ3n) is 5.96. The van der Waals surface area contributed by atoms with Crippen molar-refractivity contribution in [3.8, 4) is 5.75 Å². The largest absolute Gasteiger partial charge is 0.497 e. The first kappa shape index (κ1) is 32.1. The lowest BCUT2D eigenvalue weighted by Crippen LogP contribution is -2.47. The van der Waals surface area contributed by atoms with Crippen molar-refractivity contribution in [3.05, 3.63) is 59.7 Å². The molecule has 1 aliphatic heterocycles. The number of alkyl halides is 3. The monoisotopic (exact) mass is 573 g/mol. The molecule has 0 atom stereocenters. The number of methoxy groups -OCH3 is 1. The molecule has 9 nitrogen and oxygen atoms in total. The highest BCUT2D eigenvalue weighted by Crippen LogP contribution is 2.23. The van der Waals surface area contributed by atoms with Crippen LogP contribution in [-0.4, -0.2) is 80.6 Å². The van der Waals surface area contributed by atoms with Crippen LogP contribution < -0.4 is 10.1 Å². The number of carboxylic acids is 1. The average Bonchev–Trinajstić information content (AvgIpc) is 2.91. The van der Waals surface area contributed by atoms with E-state index in [1.54, 1.807) is 24.1 Å². The summed E-state index contributed by atoms with van der Waals surface area (Å²) in [6, 6.07) is 14.4. The summed E-state index contributed by atoms with van der Waals surface area (Å²) in [5.74, 6) is -1.80. The molecule has 3 rings (SSSR count). The molecule has 1 aliphatic rings. The Morgan fingerprint density at radius 3 is 2.21 bits per heavy atom. The molecule has 13 heteroatoms. The molecule has 0 unspecified atom stereocenters. The van der Waals surface area contributed by atoms with Gasteiger partial charge in [0.1, 0.15) is 5.75 Å². The number of ether oxygens (including phenoxy) is 1. The second kappa shape index (κ2) is 14.3. The molecule has 0 radical (unpaired) electrons. The van der Waals surface area contributed by atoms with E-state index in [4.69, 9.17) is 14.6 Å². The smallest absolute Gasteiger partial charge is 0.490 e. The van der Waals surface area contributed by atoms with Crippen LogP contribution in [0.1, 0.15) is 37.3 Å². The van der Waals surface area contributed by atoms with Crippen LogP contribution in [0.15, 0.2) is 53.4 Å². The zero-order valence-corrected chi connectivity index (χ0v) is 22.9. The predicted octanol–water partition coefficient (Wildman–Crippen LogP) is 3.46. The Labute approximate surface area is 226 Å². The van der Waals surface area contributed by atoms with Gasteiger partial charge in [-0.05, 0) is 41.3 Å². The van der Waals surface area contributed by atoms with Gasteiger partial charge < -0.3 is 20.1 Å². The fraction of sp³-hybridized carbons (Fsp3) is 0.462. The minimum Gasteiger partial charge on any atom is -0.497 e. The zero-order chi connectivity index (χ0) is 29.2. The fourth-order valence-electron chi connectivity index (χ4n) is 3.73. The maximum Gasteiger partial charge on any atom is 0.490 e. The van der Waals surface area contributed by atoms with Crippen molar-refractivity contribution in [1.82, 2.24) is 14.5 Å². The minimum atomic E-state index is -5.08. The van der Waals surface area contributed by atoms with Crippen LogP contribution in [0.2, 0.25) is 0 Å². The van der Waals surface area contributed by atoms with Crippen molar-refractivity contribution < 1.29 is 41.0 Å². The molecular weight excluding hydrogens is 539 g/mol. The maximum atomic E-state index is 13.5. The van der Waals surface area contributed by atoms with Crippen molar-refractivity contribution in [2.24, 2.45) is 0 Å². The molecule has 1 saturated heterocycles. The van der Waals surface area contributed by atoms with Crippen LogP contribution in [0.4, 0.5) is 13.2 Å². The van der Waals surface area contributed by atoms with Gasteiger partial charge >= 0.3 is 12.1 Å². The lowest BCUT2D eigenvalue weighted by atomic mass is 10.0. The van der Waals surface area contributed by atoms with Crippen molar-refractivity contribution in [2.45, 2.75) is 43.8 Å². The molecule has 2 N–H and O–H groups in total. The van der Waals surface area contributed by atoms with Gasteiger partial charge in [-0.1, -0.05) is 38.1 Å². The summed E-state index contributed by atoms with van der Waals surface area (Å²) in [7, 11) is -2.20. The zero-order valence-electron chi connectivity index (χ0n) is 22.1. The van der Waals surface area contributed by atoms with Crippen LogP contribution in [0.5, 0.6) is 5.75 Å². The summed E-state index contributed by atoms with van der Waals surface area (Å²) in [6.07, 6.45) is -4.94. The van der Waals surface area contributed by atoms with E-state index in [0.717, 1.165) is 24.2 Å². The molecule has 0 spiro atoms. The van der Waals surface area contributed by atoms with Crippen molar-refractivity contribution in [2.75, 3.05) is 39.8 Å². The first-order valence-electron chi connectivity index (χ1n) is 12.3. The molecular formula is C26H34F3N3O6S. The summed E-state index contributed by atoms with van der Waals surface area (Å²) in [5, 5.41) is 10.3. The number of sulfonamides is 1. The first-order valence-corrected chi connectivity index (χ1v) is 13.7. The Bertz CT molecular complexity index is 1200. The molecule has 0 aromatic heterocycles. The highest BCUT2D eigenvalue weighted by atomic mass is 32.2. The van der Waals surface area contributed by atoms with E-state index in [9.17, 15) is 26.4 Å². The van der Waals surface area contributed by atoms with Gasteiger partial charge in [0.05, 0.1) is 12.0 Å². The van der Waals surface area contributed by atoms with E-state index in [2.05, 4.69) is 19.2 Å². The number of halogens is 3. The molecule has 2 aromatic carbocycles. The normalized spacial score (nSPS) is 14.1. The number of carbonyl (C=O) groups is 2. The number of benzene rings is 2. The molecule has 1 amide bonds. The number of hydrogen-bond donors (Lipinski definition) is 2. The predicted molar refractivity (Wildman–Crippen MR) is 139 cm³/mol. The Morgan fingerprint density at radius 2 is 1.69 bits per heavy atom. The minimum absolute atomic E-state index is 0.0208. The third-order valence-corrected chi connectivity index (χ3v) is 7.82. The average molecular weight is 574 g/mol. The van der Waals surface area contributed by atoms with Gasteiger partial charge in [0, 0.05) is 45.7 Å². The van der Waals surface area contributed by atoms with Gasteiger partial charge in [-0.2, -0.15) is 17.5 Å². The number of aliphatic carboxylic acids is 1. The quantitative estimate of drug-likeness (QED) is 0.472. The van der Waals surface area contributed by atoms with Crippen LogP contribution in [-0.2, 0) is 26.2 Å². The lowest BCUT2D eigenvalue weighted by molar-refractivity contribution is -0.192. The van der Waals surface area contributed by atoms with E-state index in [1.807, 2.05) is 36.4 Å². The van der Waals surface area contributed by atoms with Gasteiger partial charge in [-0.3, -0.25) is 4.79 Å². The summed E-state index contributed by atoms with van der Waals surface area (Å²) in [5.41, 5.74) is 1.89. The van der Waals surface area contributed by atoms with E-state index in [-0.39, 0.29) is 30.3 Å². The number of amides is 1. The highest BCUT2D eigenvalue weighted by Gasteiger charge is 2.38. The van der Waals surface area contributed by atoms with Gasteiger partial charge in [0.15, 0.2) is 0 Å². The molecule has 0 saturated carbocycles. The molecule has 0 bridgehead atoms. The van der Waals surface area contributed by atoms with Crippen LogP contribution in [0, 0.1) is 0 Å². The molecule has 0 aliphatic carbocycles. The van der Waals surface area contributed by atoms with Gasteiger partial charge in [-0.15, -0.1) is 0 Å². The molecule has 39 heavy (non-hydrogen) atoms. The summed E-state index contributed by atoms with van der Waals surface area (Å²) >= 11 is 0. The van der Waals surface area contributed by atoms with Crippen LogP contribution >= 0.6 is 0 Å². The standard InChI is InChI=1S/C24H33N3O4S.C2HF3O2/c1-19(2)21-7-9-23(10-8-21)32(29,30)27(18-20-5-4-6-22(17-20)31-3)14-11-24(28)26-15-12-25-13-16-26;3-2(4,5)1(6)7/h4-10,17,19,25H,11-16,18H2,1-3H3;(H,6,7). The number of nitrogens with one attached hydrogen (secondary N) is 1. The summed E-state index contributed by atoms with van der Waals surface area (Å²) in [4.78, 5) is 23.6. The Kier molecular flexibility index (Phi) is 11.7. The second-order valence-electron chi connectivity index (χ2n) is 9.10. The molecule has 1 heterocycles. The summed E-state index contributed by atoms with van der Waals surface area (Å²) in [6.45, 7) is 7.25. The van der Waals surface area contributed by atoms with E-state index in [0.29, 0.717) is 24.8 Å². The number of hydrogen-bond acceptors (Lipinski definition) is 6. The molecule has 216 valence electrons. The van der Waals surface area contributed by atoms with E-state index >= 15 is 0 Å². The lowest BCUT2D eigenvalue weighted by Gasteiger charge is -2.29. The van der Waals surface area contributed by atoms with E-state index in [1.165, 1.54) is 4.31 Å². The maximum absolute atomic E-state index is 13.5. The van der Waals surface area contributed by atoms with Gasteiger partial charge in [0.25, 0.3) is 0 Å². The number of carboxylic acid groups (broad SMARTS) is 1. The first-order chi connectivity index (χ1) is 18.3. The second-order valence-corrected chi connectivity index (χ2v) is 11.0. The molecule has 1 fully saturated rings. The topological polar surface area (TPSA) is 116 Å². The third kappa shape index (κ3) is 9.83. The number of carbonyl (C=O) groups excluding carboxylic acids is 1. The SMILES string of the molecule is COc1cccc(CN(CCC(=O)N2CCNCC2)S(=O)(=O)c2ccc(C(C)C)cc2)c1.O=C(O)C(F)(F)F. The summed E-state index contributed by atoms with van der Waals surface area (Å²) < 4.78 is 65.5. The Balaban J connectivity index is 0.000000673. The van der Waals surface area contributed by atoms with Crippen molar-refractivity contribution in [1.29, 1.82) is 0 Å². The highest BCUT2D eigenvalue weighted by molar-refractivity contribution is 7.89. The Hall–Kier alpha value is -3.16. The Morgan fingerprint density at radius 1 is 1.10 bits per heavy atom. The van der Waals surface area contributed by atoms with Crippen LogP contribution in [0.3, 0.4) is 0 Å². The number of rotatable bonds is 9. The number of nitrogens with zero attached hydrogens (tertiary/aromatic N) is 2. The van der Waals surface area contributed by atoms with Gasteiger partial charge in [-0.25, -0.2) is 13.2 Å². The van der Waals surface area contributed by atoms with E-state index < -0.39 is 22.2 Å². The molecule has 2 aromatic rings. The van der Waals surface area contributed by atoms with Crippen LogP contribution in [0.25, 0.3) is 0 Å².